The van der Waals surface area contributed by atoms with Gasteiger partial charge in [0.1, 0.15) is 5.75 Å². The van der Waals surface area contributed by atoms with Crippen molar-refractivity contribution >= 4 is 11.9 Å². The van der Waals surface area contributed by atoms with Gasteiger partial charge in [-0.05, 0) is 36.1 Å². The molecule has 0 bridgehead atoms. The van der Waals surface area contributed by atoms with Crippen molar-refractivity contribution in [3.05, 3.63) is 65.7 Å². The maximum absolute atomic E-state index is 12.4. The van der Waals surface area contributed by atoms with E-state index in [0.717, 1.165) is 0 Å². The zero-order valence-corrected chi connectivity index (χ0v) is 15.9. The molecular formula is C22H27N3O2. The van der Waals surface area contributed by atoms with E-state index in [9.17, 15) is 4.79 Å². The lowest BCUT2D eigenvalue weighted by Gasteiger charge is -2.31. The number of nitrogens with one attached hydrogen (secondary N) is 1. The molecule has 3 N–H and O–H groups in total. The Bertz CT molecular complexity index is 792. The van der Waals surface area contributed by atoms with Crippen LogP contribution in [0.3, 0.4) is 0 Å². The average Bonchev–Trinajstić information content (AvgIpc) is 2.69. The molecule has 1 aliphatic heterocycles. The van der Waals surface area contributed by atoms with Crippen LogP contribution in [0.4, 0.5) is 0 Å². The van der Waals surface area contributed by atoms with Crippen LogP contribution < -0.4 is 10.5 Å². The highest BCUT2D eigenvalue weighted by Crippen LogP contribution is 2.32. The molecule has 0 aliphatic carbocycles. The van der Waals surface area contributed by atoms with E-state index >= 15 is 0 Å². The predicted octanol–water partition coefficient (Wildman–Crippen LogP) is 3.52. The van der Waals surface area contributed by atoms with E-state index in [0.29, 0.717) is 31.7 Å². The molecule has 0 saturated carbocycles. The summed E-state index contributed by atoms with van der Waals surface area (Å²) in [5, 5.41) is 7.46. The Morgan fingerprint density at radius 3 is 2.15 bits per heavy atom. The lowest BCUT2D eigenvalue weighted by atomic mass is 9.78. The smallest absolute Gasteiger partial charge is 0.314 e. The van der Waals surface area contributed by atoms with Crippen molar-refractivity contribution in [2.24, 2.45) is 11.7 Å². The van der Waals surface area contributed by atoms with Crippen molar-refractivity contribution in [2.75, 3.05) is 13.1 Å². The van der Waals surface area contributed by atoms with Gasteiger partial charge in [-0.1, -0.05) is 56.3 Å². The molecule has 5 nitrogen and oxygen atoms in total. The molecule has 0 amide bonds. The summed E-state index contributed by atoms with van der Waals surface area (Å²) < 4.78 is 5.58. The summed E-state index contributed by atoms with van der Waals surface area (Å²) in [6, 6.07) is 18.1. The van der Waals surface area contributed by atoms with Gasteiger partial charge in [-0.25, -0.2) is 0 Å². The Labute approximate surface area is 160 Å². The Hall–Kier alpha value is -2.82. The third-order valence-corrected chi connectivity index (χ3v) is 5.46. The molecule has 3 rings (SSSR count). The number of nitrogens with zero attached hydrogens (tertiary/aromatic N) is 1. The minimum atomic E-state index is -0.201. The highest BCUT2D eigenvalue weighted by Gasteiger charge is 2.27. The zero-order chi connectivity index (χ0) is 19.4. The molecule has 2 aromatic carbocycles. The highest BCUT2D eigenvalue weighted by atomic mass is 16.5. The average molecular weight is 365 g/mol. The van der Waals surface area contributed by atoms with Crippen LogP contribution in [0.1, 0.15) is 37.8 Å². The standard InChI is InChI=1S/C22H27N3O2/c1-22(2,17-6-4-3-5-7-17)18-8-10-19(11-9-18)27-20(26)16-12-14-25(15-13-16)21(23)24/h3-11,16H,12-15H2,1-2H3,(H3,23,24). The third kappa shape index (κ3) is 4.30. The van der Waals surface area contributed by atoms with E-state index < -0.39 is 0 Å². The molecule has 0 unspecified atom stereocenters. The minimum Gasteiger partial charge on any atom is -0.426 e. The number of likely N-dealkylation sites (tertiary alicyclic amines) is 1. The number of guanidine groups is 1. The molecule has 0 atom stereocenters. The van der Waals surface area contributed by atoms with Crippen LogP contribution in [0.25, 0.3) is 0 Å². The van der Waals surface area contributed by atoms with Gasteiger partial charge in [0.05, 0.1) is 5.92 Å². The van der Waals surface area contributed by atoms with Crippen LogP contribution in [0, 0.1) is 11.3 Å². The van der Waals surface area contributed by atoms with Crippen LogP contribution in [0.15, 0.2) is 54.6 Å². The quantitative estimate of drug-likeness (QED) is 0.376. The first-order valence-corrected chi connectivity index (χ1v) is 9.34. The molecule has 5 heteroatoms. The van der Waals surface area contributed by atoms with E-state index in [2.05, 4.69) is 26.0 Å². The molecule has 142 valence electrons. The van der Waals surface area contributed by atoms with Crippen molar-refractivity contribution < 1.29 is 9.53 Å². The second-order valence-electron chi connectivity index (χ2n) is 7.58. The summed E-state index contributed by atoms with van der Waals surface area (Å²) in [6.45, 7) is 5.62. The van der Waals surface area contributed by atoms with Gasteiger partial charge in [0.25, 0.3) is 0 Å². The summed E-state index contributed by atoms with van der Waals surface area (Å²) in [6.07, 6.45) is 1.33. The van der Waals surface area contributed by atoms with E-state index in [1.165, 1.54) is 11.1 Å². The lowest BCUT2D eigenvalue weighted by Crippen LogP contribution is -2.44. The maximum atomic E-state index is 12.4. The normalized spacial score (nSPS) is 15.4. The maximum Gasteiger partial charge on any atom is 0.314 e. The minimum absolute atomic E-state index is 0.0680. The number of nitrogens with two attached hydrogens (primary N) is 1. The fraction of sp³-hybridized carbons (Fsp3) is 0.364. The van der Waals surface area contributed by atoms with Gasteiger partial charge in [0, 0.05) is 18.5 Å². The molecule has 2 aromatic rings. The third-order valence-electron chi connectivity index (χ3n) is 5.46. The van der Waals surface area contributed by atoms with Crippen LogP contribution in [0.2, 0.25) is 0 Å². The number of carbonyl (C=O) groups is 1. The van der Waals surface area contributed by atoms with Crippen LogP contribution in [-0.4, -0.2) is 29.9 Å². The number of piperidine rings is 1. The van der Waals surface area contributed by atoms with Gasteiger partial charge in [-0.2, -0.15) is 0 Å². The molecule has 0 radical (unpaired) electrons. The zero-order valence-electron chi connectivity index (χ0n) is 15.9. The Balaban J connectivity index is 1.63. The monoisotopic (exact) mass is 365 g/mol. The van der Waals surface area contributed by atoms with Crippen molar-refractivity contribution in [1.82, 2.24) is 4.90 Å². The van der Waals surface area contributed by atoms with Crippen molar-refractivity contribution in [3.8, 4) is 5.75 Å². The molecule has 1 saturated heterocycles. The van der Waals surface area contributed by atoms with Gasteiger partial charge >= 0.3 is 5.97 Å². The molecular weight excluding hydrogens is 338 g/mol. The first-order chi connectivity index (χ1) is 12.9. The van der Waals surface area contributed by atoms with Gasteiger partial charge in [-0.3, -0.25) is 10.2 Å². The summed E-state index contributed by atoms with van der Waals surface area (Å²) in [4.78, 5) is 14.2. The van der Waals surface area contributed by atoms with Crippen molar-refractivity contribution in [3.63, 3.8) is 0 Å². The number of hydrogen-bond acceptors (Lipinski definition) is 3. The van der Waals surface area contributed by atoms with Crippen LogP contribution in [0.5, 0.6) is 5.75 Å². The molecule has 0 spiro atoms. The second-order valence-corrected chi connectivity index (χ2v) is 7.58. The van der Waals surface area contributed by atoms with E-state index in [1.807, 2.05) is 42.5 Å². The molecule has 1 fully saturated rings. The molecule has 0 aromatic heterocycles. The van der Waals surface area contributed by atoms with Gasteiger partial charge < -0.3 is 15.4 Å². The number of esters is 1. The largest absolute Gasteiger partial charge is 0.426 e. The van der Waals surface area contributed by atoms with Crippen LogP contribution in [-0.2, 0) is 10.2 Å². The second kappa shape index (κ2) is 7.82. The predicted molar refractivity (Wildman–Crippen MR) is 107 cm³/mol. The molecule has 1 aliphatic rings. The van der Waals surface area contributed by atoms with E-state index in [4.69, 9.17) is 15.9 Å². The summed E-state index contributed by atoms with van der Waals surface area (Å²) in [5.41, 5.74) is 7.79. The van der Waals surface area contributed by atoms with Gasteiger partial charge in [0.15, 0.2) is 5.96 Å². The molecule has 27 heavy (non-hydrogen) atoms. The topological polar surface area (TPSA) is 79.4 Å². The SMILES string of the molecule is CC(C)(c1ccccc1)c1ccc(OC(=O)C2CCN(C(=N)N)CC2)cc1. The number of rotatable bonds is 4. The van der Waals surface area contributed by atoms with Crippen LogP contribution >= 0.6 is 0 Å². The Morgan fingerprint density at radius 1 is 1.04 bits per heavy atom. The number of ether oxygens (including phenoxy) is 1. The van der Waals surface area contributed by atoms with Crippen molar-refractivity contribution in [1.29, 1.82) is 5.41 Å². The van der Waals surface area contributed by atoms with Crippen molar-refractivity contribution in [2.45, 2.75) is 32.1 Å². The highest BCUT2D eigenvalue weighted by molar-refractivity contribution is 5.77. The van der Waals surface area contributed by atoms with E-state index in [-0.39, 0.29) is 23.3 Å². The van der Waals surface area contributed by atoms with Gasteiger partial charge in [0.2, 0.25) is 0 Å². The number of hydrogen-bond donors (Lipinski definition) is 2. The lowest BCUT2D eigenvalue weighted by molar-refractivity contribution is -0.140. The fourth-order valence-corrected chi connectivity index (χ4v) is 3.52. The van der Waals surface area contributed by atoms with E-state index in [1.54, 1.807) is 4.90 Å². The number of carbonyl (C=O) groups excluding carboxylic acids is 1. The first kappa shape index (κ1) is 19.0. The summed E-state index contributed by atoms with van der Waals surface area (Å²) in [7, 11) is 0. The number of benzene rings is 2. The Morgan fingerprint density at radius 2 is 1.59 bits per heavy atom. The van der Waals surface area contributed by atoms with Gasteiger partial charge in [-0.15, -0.1) is 0 Å². The first-order valence-electron chi connectivity index (χ1n) is 9.34. The Kier molecular flexibility index (Phi) is 5.49. The molecule has 1 heterocycles. The summed E-state index contributed by atoms with van der Waals surface area (Å²) in [5.74, 6) is 0.300. The fourth-order valence-electron chi connectivity index (χ4n) is 3.52. The summed E-state index contributed by atoms with van der Waals surface area (Å²) >= 11 is 0.